The van der Waals surface area contributed by atoms with Crippen LogP contribution in [-0.2, 0) is 20.1 Å². The van der Waals surface area contributed by atoms with Crippen LogP contribution in [0, 0.1) is 44.4 Å². The van der Waals surface area contributed by atoms with Crippen molar-refractivity contribution in [3.63, 3.8) is 0 Å². The Hall–Kier alpha value is -1.71. The summed E-state index contributed by atoms with van der Waals surface area (Å²) < 4.78 is 0. The summed E-state index contributed by atoms with van der Waals surface area (Å²) in [5, 5.41) is 1.62. The van der Waals surface area contributed by atoms with E-state index in [0.717, 1.165) is 40.4 Å². The first-order valence-corrected chi connectivity index (χ1v) is 9.34. The van der Waals surface area contributed by atoms with Gasteiger partial charge < -0.3 is 34.4 Å². The zero-order valence-electron chi connectivity index (χ0n) is 18.4. The van der Waals surface area contributed by atoms with Gasteiger partial charge in [0, 0.05) is 20.1 Å². The van der Waals surface area contributed by atoms with Gasteiger partial charge in [-0.25, -0.2) is 0 Å². The zero-order chi connectivity index (χ0) is 19.0. The summed E-state index contributed by atoms with van der Waals surface area (Å²) in [5.41, 5.74) is 0.335. The standard InChI is InChI=1S/C12H8N2O2.C10H20.2CH3.Ir/c15-9-5-3-7-1-2-8-4-6-10(16)14-12(8)11(7)13-9;1-6-7(2)9(4)10(5)8(6)3;;;/h1-6H,(H2,13,14,15,16);6-10H,1-5H3;2*1H3;/q;;2*-1;/p-2. The molecule has 1 aliphatic rings. The predicted molar refractivity (Wildman–Crippen MR) is 119 cm³/mol. The fourth-order valence-corrected chi connectivity index (χ4v) is 4.13. The van der Waals surface area contributed by atoms with E-state index in [1.807, 2.05) is 12.1 Å². The Balaban J connectivity index is 0.000000535. The molecule has 5 heteroatoms. The van der Waals surface area contributed by atoms with Gasteiger partial charge in [0.15, 0.2) is 0 Å². The van der Waals surface area contributed by atoms with E-state index in [2.05, 4.69) is 44.6 Å². The minimum atomic E-state index is -0.321. The molecule has 4 nitrogen and oxygen atoms in total. The van der Waals surface area contributed by atoms with Gasteiger partial charge in [-0.2, -0.15) is 0 Å². The van der Waals surface area contributed by atoms with E-state index in [1.54, 1.807) is 12.1 Å². The average Bonchev–Trinajstić information content (AvgIpc) is 2.80. The second kappa shape index (κ2) is 10.9. The van der Waals surface area contributed by atoms with Gasteiger partial charge in [-0.3, -0.25) is 0 Å². The van der Waals surface area contributed by atoms with Crippen molar-refractivity contribution in [1.82, 2.24) is 9.97 Å². The quantitative estimate of drug-likeness (QED) is 0.289. The van der Waals surface area contributed by atoms with E-state index < -0.39 is 0 Å². The SMILES string of the molecule is CC1C(C)C(C)C(C)C1C.O=c1ccc2ccc3ccc(=O)[n-]c3c2[n-]1.[CH3-].[CH3-].[Ir]. The third-order valence-electron chi connectivity index (χ3n) is 6.62. The number of fused-ring (bicyclic) bond motifs is 3. The summed E-state index contributed by atoms with van der Waals surface area (Å²) >= 11 is 0. The first-order chi connectivity index (χ1) is 12.3. The summed E-state index contributed by atoms with van der Waals surface area (Å²) in [6.45, 7) is 12.0. The molecule has 0 saturated heterocycles. The Morgan fingerprint density at radius 3 is 1.07 bits per heavy atom. The molecule has 1 radical (unpaired) electrons. The van der Waals surface area contributed by atoms with Crippen LogP contribution in [0.1, 0.15) is 34.6 Å². The second-order valence-electron chi connectivity index (χ2n) is 7.80. The molecule has 0 amide bonds. The smallest absolute Gasteiger partial charge is 0.0779 e. The summed E-state index contributed by atoms with van der Waals surface area (Å²) in [6, 6.07) is 9.88. The maximum atomic E-state index is 11.2. The molecule has 1 fully saturated rings. The number of aromatic nitrogens is 2. The number of hydrogen-bond donors (Lipinski definition) is 0. The van der Waals surface area contributed by atoms with Crippen LogP contribution in [0.15, 0.2) is 46.0 Å². The first-order valence-electron chi connectivity index (χ1n) is 9.34. The van der Waals surface area contributed by atoms with Gasteiger partial charge in [-0.05, 0) is 52.5 Å². The number of rotatable bonds is 0. The second-order valence-corrected chi connectivity index (χ2v) is 7.80. The molecule has 0 aliphatic heterocycles. The molecule has 2 heterocycles. The van der Waals surface area contributed by atoms with E-state index in [0.29, 0.717) is 11.0 Å². The molecule has 4 rings (SSSR count). The molecule has 0 bridgehead atoms. The van der Waals surface area contributed by atoms with E-state index >= 15 is 0 Å². The van der Waals surface area contributed by atoms with Gasteiger partial charge in [0.25, 0.3) is 0 Å². The maximum absolute atomic E-state index is 11.2. The Bertz CT molecular complexity index is 927. The summed E-state index contributed by atoms with van der Waals surface area (Å²) in [7, 11) is 0. The van der Waals surface area contributed by atoms with Crippen molar-refractivity contribution in [1.29, 1.82) is 0 Å². The summed E-state index contributed by atoms with van der Waals surface area (Å²) in [4.78, 5) is 30.2. The third-order valence-corrected chi connectivity index (χ3v) is 6.62. The van der Waals surface area contributed by atoms with Gasteiger partial charge in [-0.1, -0.05) is 58.9 Å². The normalized spacial score (nSPS) is 25.2. The molecule has 29 heavy (non-hydrogen) atoms. The molecule has 0 atom stereocenters. The van der Waals surface area contributed by atoms with Crippen LogP contribution < -0.4 is 21.1 Å². The third kappa shape index (κ3) is 5.46. The topological polar surface area (TPSA) is 62.3 Å². The minimum absolute atomic E-state index is 0. The van der Waals surface area contributed by atoms with E-state index in [1.165, 1.54) is 12.1 Å². The van der Waals surface area contributed by atoms with Crippen LogP contribution in [0.25, 0.3) is 21.8 Å². The molecule has 0 unspecified atom stereocenters. The molecular weight excluding hydrogens is 540 g/mol. The van der Waals surface area contributed by atoms with Crippen molar-refractivity contribution in [2.75, 3.05) is 0 Å². The fourth-order valence-electron chi connectivity index (χ4n) is 4.13. The van der Waals surface area contributed by atoms with E-state index in [9.17, 15) is 9.59 Å². The number of hydrogen-bond acceptors (Lipinski definition) is 2. The maximum Gasteiger partial charge on any atom is 0.0779 e. The number of nitrogens with zero attached hydrogens (tertiary/aromatic N) is 2. The van der Waals surface area contributed by atoms with Gasteiger partial charge in [-0.15, -0.1) is 11.0 Å². The van der Waals surface area contributed by atoms with Gasteiger partial charge in [0.05, 0.1) is 11.1 Å². The summed E-state index contributed by atoms with van der Waals surface area (Å²) in [5.74, 6) is 4.68. The van der Waals surface area contributed by atoms with Crippen molar-refractivity contribution in [3.8, 4) is 0 Å². The minimum Gasteiger partial charge on any atom is -0.624 e. The molecule has 1 aromatic carbocycles. The van der Waals surface area contributed by atoms with Gasteiger partial charge in [0.1, 0.15) is 0 Å². The largest absolute Gasteiger partial charge is 0.624 e. The van der Waals surface area contributed by atoms with Gasteiger partial charge in [0.2, 0.25) is 0 Å². The molecule has 1 aliphatic carbocycles. The predicted octanol–water partition coefficient (Wildman–Crippen LogP) is 4.71. The summed E-state index contributed by atoms with van der Waals surface area (Å²) in [6.07, 6.45) is 0. The van der Waals surface area contributed by atoms with Crippen LogP contribution in [-0.4, -0.2) is 0 Å². The van der Waals surface area contributed by atoms with Crippen molar-refractivity contribution in [3.05, 3.63) is 72.0 Å². The van der Waals surface area contributed by atoms with Crippen LogP contribution in [0.3, 0.4) is 0 Å². The Morgan fingerprint density at radius 2 is 0.793 bits per heavy atom. The molecular formula is C24H32IrN2O2-4. The van der Waals surface area contributed by atoms with Crippen LogP contribution in [0.2, 0.25) is 0 Å². The Morgan fingerprint density at radius 1 is 0.552 bits per heavy atom. The number of benzene rings is 1. The monoisotopic (exact) mass is 573 g/mol. The van der Waals surface area contributed by atoms with Crippen LogP contribution in [0.5, 0.6) is 0 Å². The molecule has 0 spiro atoms. The Kier molecular flexibility index (Phi) is 10.2. The van der Waals surface area contributed by atoms with Crippen LogP contribution >= 0.6 is 0 Å². The number of pyridine rings is 2. The Labute approximate surface area is 187 Å². The fraction of sp³-hybridized carbons (Fsp3) is 0.417. The first kappa shape index (κ1) is 27.3. The van der Waals surface area contributed by atoms with Crippen molar-refractivity contribution >= 4 is 21.8 Å². The molecule has 1 saturated carbocycles. The van der Waals surface area contributed by atoms with Crippen molar-refractivity contribution in [2.24, 2.45) is 29.6 Å². The van der Waals surface area contributed by atoms with Gasteiger partial charge >= 0.3 is 0 Å². The average molecular weight is 573 g/mol. The van der Waals surface area contributed by atoms with Crippen LogP contribution in [0.4, 0.5) is 0 Å². The molecule has 163 valence electrons. The van der Waals surface area contributed by atoms with Crippen molar-refractivity contribution in [2.45, 2.75) is 34.6 Å². The van der Waals surface area contributed by atoms with E-state index in [-0.39, 0.29) is 46.1 Å². The van der Waals surface area contributed by atoms with E-state index in [4.69, 9.17) is 0 Å². The zero-order valence-corrected chi connectivity index (χ0v) is 20.8. The molecule has 3 aromatic rings. The molecule has 0 N–H and O–H groups in total. The van der Waals surface area contributed by atoms with Crippen molar-refractivity contribution < 1.29 is 20.1 Å². The molecule has 2 aromatic heterocycles.